The summed E-state index contributed by atoms with van der Waals surface area (Å²) in [5, 5.41) is 14.9. The normalized spacial score (nSPS) is 18.7. The molecule has 0 aromatic carbocycles. The van der Waals surface area contributed by atoms with Crippen molar-refractivity contribution >= 4 is 23.6 Å². The third-order valence-electron chi connectivity index (χ3n) is 2.97. The Kier molecular flexibility index (Phi) is 5.42. The first-order valence-electron chi connectivity index (χ1n) is 6.48. The molecule has 110 valence electrons. The lowest BCUT2D eigenvalue weighted by atomic mass is 10.2. The van der Waals surface area contributed by atoms with Gasteiger partial charge in [-0.15, -0.1) is 0 Å². The largest absolute Gasteiger partial charge is 0.476 e. The van der Waals surface area contributed by atoms with Crippen molar-refractivity contribution in [3.05, 3.63) is 18.2 Å². The maximum Gasteiger partial charge on any atom is 0.356 e. The number of carboxylic acids is 1. The fraction of sp³-hybridized carbons (Fsp3) is 0.583. The van der Waals surface area contributed by atoms with Crippen LogP contribution in [0.4, 0.5) is 0 Å². The number of rotatable bonds is 6. The Balaban J connectivity index is 1.66. The number of nitrogens with one attached hydrogen (secondary N) is 2. The number of carbonyl (C=O) groups excluding carboxylic acids is 1. The summed E-state index contributed by atoms with van der Waals surface area (Å²) in [6.07, 6.45) is 3.39. The smallest absolute Gasteiger partial charge is 0.356 e. The minimum absolute atomic E-state index is 0.0137. The quantitative estimate of drug-likeness (QED) is 0.673. The van der Waals surface area contributed by atoms with Gasteiger partial charge < -0.3 is 20.3 Å². The lowest BCUT2D eigenvalue weighted by Crippen LogP contribution is -2.41. The maximum absolute atomic E-state index is 11.7. The van der Waals surface area contributed by atoms with Gasteiger partial charge in [-0.2, -0.15) is 11.8 Å². The molecule has 7 nitrogen and oxygen atoms in total. The van der Waals surface area contributed by atoms with Crippen LogP contribution in [-0.2, 0) is 11.3 Å². The molecule has 0 radical (unpaired) electrons. The second kappa shape index (κ2) is 7.30. The van der Waals surface area contributed by atoms with Crippen molar-refractivity contribution in [2.75, 3.05) is 24.6 Å². The van der Waals surface area contributed by atoms with Crippen molar-refractivity contribution in [3.8, 4) is 0 Å². The van der Waals surface area contributed by atoms with Gasteiger partial charge in [0.2, 0.25) is 5.91 Å². The van der Waals surface area contributed by atoms with E-state index in [0.717, 1.165) is 18.1 Å². The van der Waals surface area contributed by atoms with Gasteiger partial charge in [0.25, 0.3) is 0 Å². The van der Waals surface area contributed by atoms with Crippen molar-refractivity contribution in [2.45, 2.75) is 19.0 Å². The molecule has 0 aliphatic carbocycles. The number of aromatic nitrogens is 2. The molecule has 0 bridgehead atoms. The van der Waals surface area contributed by atoms with Gasteiger partial charge in [-0.25, -0.2) is 9.78 Å². The molecule has 0 spiro atoms. The van der Waals surface area contributed by atoms with Gasteiger partial charge in [0.15, 0.2) is 5.69 Å². The lowest BCUT2D eigenvalue weighted by molar-refractivity contribution is -0.121. The highest BCUT2D eigenvalue weighted by atomic mass is 32.2. The number of carbonyl (C=O) groups is 2. The molecule has 20 heavy (non-hydrogen) atoms. The molecule has 1 aliphatic heterocycles. The van der Waals surface area contributed by atoms with Crippen LogP contribution in [0.2, 0.25) is 0 Å². The predicted molar refractivity (Wildman–Crippen MR) is 75.9 cm³/mol. The van der Waals surface area contributed by atoms with E-state index in [2.05, 4.69) is 15.6 Å². The minimum atomic E-state index is -1.05. The van der Waals surface area contributed by atoms with Crippen LogP contribution in [0.15, 0.2) is 12.5 Å². The molecule has 1 atom stereocenters. The number of thioether (sulfide) groups is 1. The average molecular weight is 298 g/mol. The summed E-state index contributed by atoms with van der Waals surface area (Å²) in [5.41, 5.74) is 0.0137. The summed E-state index contributed by atoms with van der Waals surface area (Å²) >= 11 is 1.86. The van der Waals surface area contributed by atoms with Crippen molar-refractivity contribution in [1.29, 1.82) is 0 Å². The zero-order chi connectivity index (χ0) is 14.4. The fourth-order valence-corrected chi connectivity index (χ4v) is 2.91. The first-order valence-corrected chi connectivity index (χ1v) is 7.63. The van der Waals surface area contributed by atoms with E-state index in [1.807, 2.05) is 11.8 Å². The summed E-state index contributed by atoms with van der Waals surface area (Å²) in [4.78, 5) is 26.1. The summed E-state index contributed by atoms with van der Waals surface area (Å²) in [6.45, 7) is 1.93. The van der Waals surface area contributed by atoms with Crippen molar-refractivity contribution in [1.82, 2.24) is 20.2 Å². The SMILES string of the molecule is O=C(CC1CSCCN1)NCCn1cnc(C(=O)O)c1. The molecule has 2 heterocycles. The number of hydrogen-bond acceptors (Lipinski definition) is 5. The molecule has 1 amide bonds. The van der Waals surface area contributed by atoms with Crippen molar-refractivity contribution in [2.24, 2.45) is 0 Å². The highest BCUT2D eigenvalue weighted by molar-refractivity contribution is 7.99. The number of amides is 1. The predicted octanol–water partition coefficient (Wildman–Crippen LogP) is -0.207. The van der Waals surface area contributed by atoms with E-state index in [0.29, 0.717) is 19.5 Å². The summed E-state index contributed by atoms with van der Waals surface area (Å²) in [5.74, 6) is 1.04. The lowest BCUT2D eigenvalue weighted by Gasteiger charge is -2.22. The topological polar surface area (TPSA) is 96.3 Å². The Labute approximate surface area is 121 Å². The second-order valence-electron chi connectivity index (χ2n) is 4.58. The van der Waals surface area contributed by atoms with Crippen LogP contribution in [0.3, 0.4) is 0 Å². The Hall–Kier alpha value is -1.54. The summed E-state index contributed by atoms with van der Waals surface area (Å²) in [7, 11) is 0. The Morgan fingerprint density at radius 3 is 3.10 bits per heavy atom. The maximum atomic E-state index is 11.7. The van der Waals surface area contributed by atoms with Crippen LogP contribution in [-0.4, -0.2) is 57.2 Å². The molecule has 1 aromatic rings. The molecule has 8 heteroatoms. The molecule has 1 aromatic heterocycles. The molecular weight excluding hydrogens is 280 g/mol. The summed E-state index contributed by atoms with van der Waals surface area (Å²) < 4.78 is 1.65. The van der Waals surface area contributed by atoms with Crippen molar-refractivity contribution in [3.63, 3.8) is 0 Å². The van der Waals surface area contributed by atoms with Crippen LogP contribution in [0.5, 0.6) is 0 Å². The van der Waals surface area contributed by atoms with Gasteiger partial charge in [-0.3, -0.25) is 4.79 Å². The Morgan fingerprint density at radius 1 is 1.60 bits per heavy atom. The third-order valence-corrected chi connectivity index (χ3v) is 4.11. The molecule has 1 aliphatic rings. The number of nitrogens with zero attached hydrogens (tertiary/aromatic N) is 2. The molecule has 1 saturated heterocycles. The third kappa shape index (κ3) is 4.53. The molecule has 1 unspecified atom stereocenters. The van der Waals surface area contributed by atoms with Crippen LogP contribution in [0, 0.1) is 0 Å². The van der Waals surface area contributed by atoms with E-state index in [1.165, 1.54) is 12.5 Å². The number of carboxylic acid groups (broad SMARTS) is 1. The Morgan fingerprint density at radius 2 is 2.45 bits per heavy atom. The highest BCUT2D eigenvalue weighted by Crippen LogP contribution is 2.09. The number of imidazole rings is 1. The molecule has 1 fully saturated rings. The van der Waals surface area contributed by atoms with Gasteiger partial charge >= 0.3 is 5.97 Å². The zero-order valence-corrected chi connectivity index (χ0v) is 11.9. The number of hydrogen-bond donors (Lipinski definition) is 3. The first-order chi connectivity index (χ1) is 9.65. The first kappa shape index (κ1) is 14.9. The van der Waals surface area contributed by atoms with Crippen LogP contribution >= 0.6 is 11.8 Å². The summed E-state index contributed by atoms with van der Waals surface area (Å²) in [6, 6.07) is 0.251. The minimum Gasteiger partial charge on any atom is -0.476 e. The zero-order valence-electron chi connectivity index (χ0n) is 11.0. The van der Waals surface area contributed by atoms with Crippen LogP contribution < -0.4 is 10.6 Å². The van der Waals surface area contributed by atoms with Gasteiger partial charge in [0, 0.05) is 49.8 Å². The standard InChI is InChI=1S/C12H18N4O3S/c17-11(5-9-7-20-4-2-13-9)14-1-3-16-6-10(12(18)19)15-8-16/h6,8-9,13H,1-5,7H2,(H,14,17)(H,18,19). The van der Waals surface area contributed by atoms with E-state index in [9.17, 15) is 9.59 Å². The van der Waals surface area contributed by atoms with Crippen LogP contribution in [0.1, 0.15) is 16.9 Å². The number of aromatic carboxylic acids is 1. The van der Waals surface area contributed by atoms with Gasteiger partial charge in [0.05, 0.1) is 6.33 Å². The highest BCUT2D eigenvalue weighted by Gasteiger charge is 2.16. The van der Waals surface area contributed by atoms with E-state index >= 15 is 0 Å². The van der Waals surface area contributed by atoms with Crippen LogP contribution in [0.25, 0.3) is 0 Å². The fourth-order valence-electron chi connectivity index (χ4n) is 1.96. The van der Waals surface area contributed by atoms with Gasteiger partial charge in [0.1, 0.15) is 0 Å². The second-order valence-corrected chi connectivity index (χ2v) is 5.73. The molecule has 2 rings (SSSR count). The van der Waals surface area contributed by atoms with E-state index < -0.39 is 5.97 Å². The van der Waals surface area contributed by atoms with Crippen molar-refractivity contribution < 1.29 is 14.7 Å². The van der Waals surface area contributed by atoms with Gasteiger partial charge in [-0.05, 0) is 0 Å². The molecule has 0 saturated carbocycles. The van der Waals surface area contributed by atoms with E-state index in [1.54, 1.807) is 4.57 Å². The average Bonchev–Trinajstić information content (AvgIpc) is 2.89. The Bertz CT molecular complexity index is 471. The molecule has 3 N–H and O–H groups in total. The van der Waals surface area contributed by atoms with Gasteiger partial charge in [-0.1, -0.05) is 0 Å². The van der Waals surface area contributed by atoms with E-state index in [4.69, 9.17) is 5.11 Å². The molecular formula is C12H18N4O3S. The monoisotopic (exact) mass is 298 g/mol. The van der Waals surface area contributed by atoms with E-state index in [-0.39, 0.29) is 17.6 Å².